The molecule has 198 valence electrons. The minimum Gasteiger partial charge on any atom is -0.348 e. The predicted octanol–water partition coefficient (Wildman–Crippen LogP) is 7.25. The van der Waals surface area contributed by atoms with E-state index >= 15 is 0 Å². The van der Waals surface area contributed by atoms with Gasteiger partial charge in [0.25, 0.3) is 0 Å². The highest BCUT2D eigenvalue weighted by molar-refractivity contribution is 9.09. The van der Waals surface area contributed by atoms with Gasteiger partial charge in [0.05, 0.1) is 29.2 Å². The van der Waals surface area contributed by atoms with Gasteiger partial charge in [0.15, 0.2) is 6.29 Å². The largest absolute Gasteiger partial charge is 0.416 e. The Bertz CT molecular complexity index is 1020. The second kappa shape index (κ2) is 11.1. The molecule has 0 spiro atoms. The molecule has 3 atom stereocenters. The van der Waals surface area contributed by atoms with E-state index in [1.807, 2.05) is 38.1 Å². The Morgan fingerprint density at radius 2 is 1.56 bits per heavy atom. The number of rotatable bonds is 6. The molecular weight excluding hydrogens is 556 g/mol. The predicted molar refractivity (Wildman–Crippen MR) is 124 cm³/mol. The van der Waals surface area contributed by atoms with E-state index in [1.54, 1.807) is 0 Å². The number of carbonyl (C=O) groups is 1. The van der Waals surface area contributed by atoms with Crippen LogP contribution in [0, 0.1) is 0 Å². The molecule has 2 aromatic rings. The van der Waals surface area contributed by atoms with Crippen LogP contribution < -0.4 is 0 Å². The zero-order valence-corrected chi connectivity index (χ0v) is 21.4. The summed E-state index contributed by atoms with van der Waals surface area (Å²) in [4.78, 5) is 14.2. The Labute approximate surface area is 213 Å². The monoisotopic (exact) mass is 581 g/mol. The first-order valence-corrected chi connectivity index (χ1v) is 12.4. The number of alkyl halides is 7. The molecule has 1 fully saturated rings. The van der Waals surface area contributed by atoms with Gasteiger partial charge in [-0.3, -0.25) is 4.79 Å². The fraction of sp³-hybridized carbons (Fsp3) is 0.480. The minimum atomic E-state index is -4.98. The van der Waals surface area contributed by atoms with Crippen molar-refractivity contribution in [2.45, 2.75) is 57.5 Å². The number of halogens is 7. The summed E-state index contributed by atoms with van der Waals surface area (Å²) in [5, 5.41) is 0.0262. The third-order valence-electron chi connectivity index (χ3n) is 6.00. The highest BCUT2D eigenvalue weighted by Crippen LogP contribution is 2.39. The van der Waals surface area contributed by atoms with Gasteiger partial charge in [0, 0.05) is 6.54 Å². The summed E-state index contributed by atoms with van der Waals surface area (Å²) in [6.45, 7) is 5.74. The van der Waals surface area contributed by atoms with Crippen molar-refractivity contribution in [3.05, 3.63) is 70.3 Å². The lowest BCUT2D eigenvalue weighted by atomic mass is 9.97. The van der Waals surface area contributed by atoms with Gasteiger partial charge in [-0.25, -0.2) is 0 Å². The Hall–Kier alpha value is -2.11. The van der Waals surface area contributed by atoms with Gasteiger partial charge in [0.2, 0.25) is 5.91 Å². The number of morpholine rings is 1. The van der Waals surface area contributed by atoms with E-state index in [1.165, 1.54) is 11.8 Å². The van der Waals surface area contributed by atoms with Crippen molar-refractivity contribution >= 4 is 21.8 Å². The average Bonchev–Trinajstić information content (AvgIpc) is 2.82. The summed E-state index contributed by atoms with van der Waals surface area (Å²) >= 11 is 3.16. The maximum atomic E-state index is 13.3. The molecule has 3 rings (SSSR count). The Morgan fingerprint density at radius 1 is 1.00 bits per heavy atom. The number of benzene rings is 2. The van der Waals surface area contributed by atoms with Crippen molar-refractivity contribution in [1.82, 2.24) is 4.90 Å². The van der Waals surface area contributed by atoms with Crippen molar-refractivity contribution < 1.29 is 40.6 Å². The summed E-state index contributed by atoms with van der Waals surface area (Å²) in [7, 11) is 0. The molecule has 0 aromatic heterocycles. The van der Waals surface area contributed by atoms with Gasteiger partial charge in [0.1, 0.15) is 6.04 Å². The molecule has 1 unspecified atom stereocenters. The van der Waals surface area contributed by atoms with E-state index < -0.39 is 41.9 Å². The van der Waals surface area contributed by atoms with E-state index in [4.69, 9.17) is 9.47 Å². The van der Waals surface area contributed by atoms with Crippen molar-refractivity contribution in [2.24, 2.45) is 0 Å². The van der Waals surface area contributed by atoms with Crippen LogP contribution in [0.5, 0.6) is 0 Å². The molecule has 1 amide bonds. The molecule has 0 N–H and O–H groups in total. The number of hydrogen-bond donors (Lipinski definition) is 0. The first kappa shape index (κ1) is 28.5. The maximum Gasteiger partial charge on any atom is 0.416 e. The normalized spacial score (nSPS) is 20.0. The first-order valence-electron chi connectivity index (χ1n) is 11.2. The minimum absolute atomic E-state index is 0.0262. The zero-order valence-electron chi connectivity index (χ0n) is 19.8. The molecular formula is C25H26BrF6NO3. The lowest BCUT2D eigenvalue weighted by Crippen LogP contribution is -2.49. The molecule has 0 bridgehead atoms. The molecule has 0 saturated carbocycles. The van der Waals surface area contributed by atoms with Gasteiger partial charge in [-0.15, -0.1) is 0 Å². The summed E-state index contributed by atoms with van der Waals surface area (Å²) in [5.74, 6) is 0.00801. The van der Waals surface area contributed by atoms with E-state index in [9.17, 15) is 31.1 Å². The van der Waals surface area contributed by atoms with Crippen LogP contribution >= 0.6 is 15.9 Å². The van der Waals surface area contributed by atoms with E-state index in [0.717, 1.165) is 5.56 Å². The van der Waals surface area contributed by atoms with Crippen LogP contribution in [0.15, 0.2) is 42.5 Å². The van der Waals surface area contributed by atoms with E-state index in [-0.39, 0.29) is 41.9 Å². The molecule has 4 nitrogen and oxygen atoms in total. The van der Waals surface area contributed by atoms with Crippen molar-refractivity contribution in [1.29, 1.82) is 0 Å². The molecule has 1 heterocycles. The van der Waals surface area contributed by atoms with Crippen LogP contribution in [0.1, 0.15) is 66.7 Å². The topological polar surface area (TPSA) is 38.8 Å². The maximum absolute atomic E-state index is 13.3. The molecule has 1 aliphatic rings. The molecule has 0 radical (unpaired) electrons. The number of amides is 1. The van der Waals surface area contributed by atoms with Crippen LogP contribution in [-0.2, 0) is 26.6 Å². The van der Waals surface area contributed by atoms with Gasteiger partial charge in [-0.05, 0) is 47.7 Å². The van der Waals surface area contributed by atoms with Gasteiger partial charge < -0.3 is 14.4 Å². The highest BCUT2D eigenvalue weighted by atomic mass is 79.9. The summed E-state index contributed by atoms with van der Waals surface area (Å²) in [6, 6.07) is 8.02. The number of carbonyl (C=O) groups excluding carboxylic acids is 1. The average molecular weight is 582 g/mol. The van der Waals surface area contributed by atoms with E-state index in [0.29, 0.717) is 17.7 Å². The molecule has 36 heavy (non-hydrogen) atoms. The standard InChI is InChI=1S/C25H26BrF6NO3/c1-14(2)16-4-6-17(7-5-16)22-23(35-9-8-33(22)21(34)13-26)36-15(3)18-10-19(24(27,28)29)12-20(11-18)25(30,31)32/h4-7,10-12,14-15,22-23H,8-9,13H2,1-3H3/t15?,22-,23+/m0/s1. The van der Waals surface area contributed by atoms with Gasteiger partial charge >= 0.3 is 12.4 Å². The Morgan fingerprint density at radius 3 is 2.03 bits per heavy atom. The lowest BCUT2D eigenvalue weighted by Gasteiger charge is -2.42. The third-order valence-corrected chi connectivity index (χ3v) is 6.48. The third kappa shape index (κ3) is 6.60. The van der Waals surface area contributed by atoms with Crippen molar-refractivity contribution in [3.63, 3.8) is 0 Å². The smallest absolute Gasteiger partial charge is 0.348 e. The van der Waals surface area contributed by atoms with Crippen LogP contribution in [0.3, 0.4) is 0 Å². The summed E-state index contributed by atoms with van der Waals surface area (Å²) in [5.41, 5.74) is -1.43. The van der Waals surface area contributed by atoms with Crippen molar-refractivity contribution in [2.75, 3.05) is 18.5 Å². The van der Waals surface area contributed by atoms with Gasteiger partial charge in [-0.2, -0.15) is 26.3 Å². The zero-order chi connectivity index (χ0) is 26.8. The molecule has 11 heteroatoms. The fourth-order valence-electron chi connectivity index (χ4n) is 4.02. The SMILES string of the molecule is CC(C)c1ccc([C@H]2[C@@H](OC(C)c3cc(C(F)(F)F)cc(C(F)(F)F)c3)OCCN2C(=O)CBr)cc1. The number of hydrogen-bond acceptors (Lipinski definition) is 3. The number of ether oxygens (including phenoxy) is 2. The Kier molecular flexibility index (Phi) is 8.78. The second-order valence-corrected chi connectivity index (χ2v) is 9.40. The first-order chi connectivity index (χ1) is 16.7. The summed E-state index contributed by atoms with van der Waals surface area (Å²) < 4.78 is 91.6. The fourth-order valence-corrected chi connectivity index (χ4v) is 4.35. The van der Waals surface area contributed by atoms with Crippen LogP contribution in [0.2, 0.25) is 0 Å². The van der Waals surface area contributed by atoms with Gasteiger partial charge in [-0.1, -0.05) is 54.0 Å². The Balaban J connectivity index is 1.98. The lowest BCUT2D eigenvalue weighted by molar-refractivity contribution is -0.228. The second-order valence-electron chi connectivity index (χ2n) is 8.84. The highest BCUT2D eigenvalue weighted by Gasteiger charge is 2.40. The van der Waals surface area contributed by atoms with Crippen LogP contribution in [-0.4, -0.2) is 35.6 Å². The van der Waals surface area contributed by atoms with E-state index in [2.05, 4.69) is 15.9 Å². The molecule has 1 saturated heterocycles. The van der Waals surface area contributed by atoms with Crippen LogP contribution in [0.4, 0.5) is 26.3 Å². The number of nitrogens with zero attached hydrogens (tertiary/aromatic N) is 1. The molecule has 1 aliphatic heterocycles. The summed E-state index contributed by atoms with van der Waals surface area (Å²) in [6.07, 6.45) is -12.3. The van der Waals surface area contributed by atoms with Crippen LogP contribution in [0.25, 0.3) is 0 Å². The van der Waals surface area contributed by atoms with Crippen molar-refractivity contribution in [3.8, 4) is 0 Å². The molecule has 2 aromatic carbocycles. The molecule has 0 aliphatic carbocycles. The quantitative estimate of drug-likeness (QED) is 0.266.